The van der Waals surface area contributed by atoms with Gasteiger partial charge in [0.05, 0.1) is 0 Å². The van der Waals surface area contributed by atoms with Crippen LogP contribution in [0.4, 0.5) is 0 Å². The van der Waals surface area contributed by atoms with E-state index in [4.69, 9.17) is 9.47 Å². The van der Waals surface area contributed by atoms with Crippen LogP contribution in [0.25, 0.3) is 0 Å². The van der Waals surface area contributed by atoms with Crippen LogP contribution >= 0.6 is 0 Å². The average molecular weight is 523 g/mol. The molecule has 1 aliphatic heterocycles. The fourth-order valence-corrected chi connectivity index (χ4v) is 8.50. The van der Waals surface area contributed by atoms with Crippen LogP contribution in [-0.2, 0) is 23.9 Å². The molecular formula is C27H38O10. The van der Waals surface area contributed by atoms with Crippen LogP contribution in [0.1, 0.15) is 65.2 Å². The van der Waals surface area contributed by atoms with Crippen LogP contribution in [0, 0.1) is 28.6 Å². The SMILES string of the molecule is C[C@]12CCC(=O)C=C1CC[C@@H]1[C@@H]2CC[C@@]2(C)[C@H]1CC[C@]2(O)C(=O)CO[C@H]1O[C@@H](C(=O)O)[C@H](O)[C@@H](O)[C@@H]1O. The molecule has 0 bridgehead atoms. The summed E-state index contributed by atoms with van der Waals surface area (Å²) >= 11 is 0. The summed E-state index contributed by atoms with van der Waals surface area (Å²) in [4.78, 5) is 36.8. The van der Waals surface area contributed by atoms with E-state index in [0.717, 1.165) is 25.7 Å². The second kappa shape index (κ2) is 9.20. The molecule has 0 spiro atoms. The van der Waals surface area contributed by atoms with Gasteiger partial charge in [0, 0.05) is 11.8 Å². The van der Waals surface area contributed by atoms with Crippen LogP contribution in [0.2, 0.25) is 0 Å². The Hall–Kier alpha value is -1.69. The predicted octanol–water partition coefficient (Wildman–Crippen LogP) is 0.727. The zero-order valence-electron chi connectivity index (χ0n) is 21.3. The van der Waals surface area contributed by atoms with Crippen LogP contribution < -0.4 is 0 Å². The summed E-state index contributed by atoms with van der Waals surface area (Å²) in [6, 6.07) is 0. The number of aliphatic hydroxyl groups excluding tert-OH is 3. The summed E-state index contributed by atoms with van der Waals surface area (Å²) in [5.41, 5.74) is -1.08. The molecule has 10 heteroatoms. The number of ether oxygens (including phenoxy) is 2. The van der Waals surface area contributed by atoms with E-state index in [1.54, 1.807) is 0 Å². The number of carboxylic acid groups (broad SMARTS) is 1. The maximum atomic E-state index is 13.4. The summed E-state index contributed by atoms with van der Waals surface area (Å²) < 4.78 is 10.5. The van der Waals surface area contributed by atoms with Crippen LogP contribution in [0.3, 0.4) is 0 Å². The van der Waals surface area contributed by atoms with Crippen molar-refractivity contribution < 1.29 is 49.4 Å². The lowest BCUT2D eigenvalue weighted by molar-refractivity contribution is -0.293. The van der Waals surface area contributed by atoms with Gasteiger partial charge in [-0.25, -0.2) is 4.79 Å². The number of aliphatic carboxylic acids is 1. The number of fused-ring (bicyclic) bond motifs is 5. The number of carboxylic acids is 1. The minimum Gasteiger partial charge on any atom is -0.479 e. The lowest BCUT2D eigenvalue weighted by Crippen LogP contribution is -2.61. The van der Waals surface area contributed by atoms with E-state index < -0.39 is 60.1 Å². The van der Waals surface area contributed by atoms with Gasteiger partial charge in [0.1, 0.15) is 30.5 Å². The Morgan fingerprint density at radius 3 is 2.41 bits per heavy atom. The first kappa shape index (κ1) is 26.9. The zero-order chi connectivity index (χ0) is 26.9. The lowest BCUT2D eigenvalue weighted by atomic mass is 9.46. The van der Waals surface area contributed by atoms with Gasteiger partial charge in [-0.15, -0.1) is 0 Å². The van der Waals surface area contributed by atoms with Gasteiger partial charge in [-0.1, -0.05) is 19.4 Å². The maximum absolute atomic E-state index is 13.4. The molecule has 0 aromatic rings. The van der Waals surface area contributed by atoms with Gasteiger partial charge in [-0.3, -0.25) is 9.59 Å². The number of ketones is 2. The Labute approximate surface area is 215 Å². The predicted molar refractivity (Wildman–Crippen MR) is 127 cm³/mol. The highest BCUT2D eigenvalue weighted by Crippen LogP contribution is 2.67. The van der Waals surface area contributed by atoms with E-state index in [-0.39, 0.29) is 23.5 Å². The van der Waals surface area contributed by atoms with Crippen molar-refractivity contribution in [3.8, 4) is 0 Å². The van der Waals surface area contributed by atoms with E-state index in [1.165, 1.54) is 5.57 Å². The molecule has 11 atom stereocenters. The number of aliphatic hydroxyl groups is 4. The molecule has 37 heavy (non-hydrogen) atoms. The third-order valence-electron chi connectivity index (χ3n) is 10.8. The summed E-state index contributed by atoms with van der Waals surface area (Å²) in [5, 5.41) is 51.1. The van der Waals surface area contributed by atoms with E-state index >= 15 is 0 Å². The maximum Gasteiger partial charge on any atom is 0.335 e. The fraction of sp³-hybridized carbons (Fsp3) is 0.815. The molecule has 206 valence electrons. The molecule has 0 unspecified atom stereocenters. The number of carbonyl (C=O) groups excluding carboxylic acids is 2. The van der Waals surface area contributed by atoms with E-state index in [1.807, 2.05) is 13.0 Å². The number of rotatable bonds is 5. The molecule has 4 aliphatic carbocycles. The molecule has 1 saturated heterocycles. The molecule has 0 aromatic carbocycles. The molecule has 5 aliphatic rings. The van der Waals surface area contributed by atoms with Crippen molar-refractivity contribution in [3.05, 3.63) is 11.6 Å². The molecule has 10 nitrogen and oxygen atoms in total. The van der Waals surface area contributed by atoms with Gasteiger partial charge in [-0.05, 0) is 74.2 Å². The first-order valence-electron chi connectivity index (χ1n) is 13.4. The lowest BCUT2D eigenvalue weighted by Gasteiger charge is -2.58. The molecule has 4 fully saturated rings. The Kier molecular flexibility index (Phi) is 6.69. The first-order chi connectivity index (χ1) is 17.3. The van der Waals surface area contributed by atoms with Crippen LogP contribution in [0.5, 0.6) is 0 Å². The van der Waals surface area contributed by atoms with Gasteiger partial charge >= 0.3 is 5.97 Å². The van der Waals surface area contributed by atoms with E-state index in [9.17, 15) is 39.9 Å². The smallest absolute Gasteiger partial charge is 0.335 e. The molecule has 5 rings (SSSR count). The van der Waals surface area contributed by atoms with Crippen molar-refractivity contribution >= 4 is 17.5 Å². The van der Waals surface area contributed by atoms with Crippen molar-refractivity contribution in [2.24, 2.45) is 28.6 Å². The van der Waals surface area contributed by atoms with Crippen molar-refractivity contribution in [2.75, 3.05) is 6.61 Å². The normalized spacial score (nSPS) is 49.5. The first-order valence-corrected chi connectivity index (χ1v) is 13.4. The third kappa shape index (κ3) is 3.94. The molecule has 0 amide bonds. The van der Waals surface area contributed by atoms with Gasteiger partial charge in [0.25, 0.3) is 0 Å². The number of Topliss-reactive ketones (excluding diaryl/α,β-unsaturated/α-hetero) is 1. The highest BCUT2D eigenvalue weighted by Gasteiger charge is 2.66. The van der Waals surface area contributed by atoms with Crippen molar-refractivity contribution in [3.63, 3.8) is 0 Å². The molecule has 1 heterocycles. The topological polar surface area (TPSA) is 171 Å². The highest BCUT2D eigenvalue weighted by molar-refractivity contribution is 5.92. The Morgan fingerprint density at radius 1 is 1.00 bits per heavy atom. The van der Waals surface area contributed by atoms with Crippen molar-refractivity contribution in [1.82, 2.24) is 0 Å². The van der Waals surface area contributed by atoms with Gasteiger partial charge < -0.3 is 35.0 Å². The summed E-state index contributed by atoms with van der Waals surface area (Å²) in [7, 11) is 0. The van der Waals surface area contributed by atoms with Gasteiger partial charge in [0.2, 0.25) is 0 Å². The second-order valence-electron chi connectivity index (χ2n) is 12.3. The quantitative estimate of drug-likeness (QED) is 0.347. The minimum absolute atomic E-state index is 0.0213. The van der Waals surface area contributed by atoms with Gasteiger partial charge in [0.15, 0.2) is 24.0 Å². The number of allylic oxidation sites excluding steroid dienone is 1. The molecule has 5 N–H and O–H groups in total. The fourth-order valence-electron chi connectivity index (χ4n) is 8.50. The van der Waals surface area contributed by atoms with E-state index in [2.05, 4.69) is 6.92 Å². The monoisotopic (exact) mass is 522 g/mol. The van der Waals surface area contributed by atoms with Crippen molar-refractivity contribution in [2.45, 2.75) is 102 Å². The Balaban J connectivity index is 1.30. The number of carbonyl (C=O) groups is 3. The highest BCUT2D eigenvalue weighted by atomic mass is 16.7. The van der Waals surface area contributed by atoms with Crippen LogP contribution in [0.15, 0.2) is 11.6 Å². The summed E-state index contributed by atoms with van der Waals surface area (Å²) in [6.45, 7) is 3.62. The summed E-state index contributed by atoms with van der Waals surface area (Å²) in [5.74, 6) is -1.02. The van der Waals surface area contributed by atoms with Crippen LogP contribution in [-0.4, -0.2) is 86.0 Å². The average Bonchev–Trinajstić information content (AvgIpc) is 3.14. The second-order valence-corrected chi connectivity index (χ2v) is 12.3. The summed E-state index contributed by atoms with van der Waals surface area (Å²) in [6.07, 6.45) is -1.37. The molecule has 0 radical (unpaired) electrons. The van der Waals surface area contributed by atoms with Gasteiger partial charge in [-0.2, -0.15) is 0 Å². The Morgan fingerprint density at radius 2 is 1.70 bits per heavy atom. The largest absolute Gasteiger partial charge is 0.479 e. The molecular weight excluding hydrogens is 484 g/mol. The third-order valence-corrected chi connectivity index (χ3v) is 10.8. The number of hydrogen-bond acceptors (Lipinski definition) is 9. The minimum atomic E-state index is -1.85. The molecule has 0 aromatic heterocycles. The Bertz CT molecular complexity index is 1010. The van der Waals surface area contributed by atoms with E-state index in [0.29, 0.717) is 31.1 Å². The zero-order valence-corrected chi connectivity index (χ0v) is 21.3. The molecule has 3 saturated carbocycles. The number of hydrogen-bond donors (Lipinski definition) is 5. The van der Waals surface area contributed by atoms with Crippen molar-refractivity contribution in [1.29, 1.82) is 0 Å². The standard InChI is InChI=1S/C27H38O10/c1-25-8-5-14(28)11-13(25)3-4-15-16(25)6-9-26(2)17(15)7-10-27(26,35)18(29)12-36-24-21(32)19(30)20(31)22(37-24)23(33)34/h11,15-17,19-22,24,30-32,35H,3-10,12H2,1-2H3,(H,33,34)/t15-,16+,17+,19-,20-,21+,22-,24+,25+,26+,27+/m1/s1.